The Kier molecular flexibility index (Phi) is 5.10. The first-order valence-corrected chi connectivity index (χ1v) is 9.64. The van der Waals surface area contributed by atoms with E-state index in [0.717, 1.165) is 0 Å². The summed E-state index contributed by atoms with van der Waals surface area (Å²) in [7, 11) is 0. The van der Waals surface area contributed by atoms with Crippen molar-refractivity contribution in [2.24, 2.45) is 0 Å². The zero-order valence-electron chi connectivity index (χ0n) is 16.6. The van der Waals surface area contributed by atoms with Crippen LogP contribution in [0.15, 0.2) is 54.6 Å². The summed E-state index contributed by atoms with van der Waals surface area (Å²) in [6.07, 6.45) is 0. The van der Waals surface area contributed by atoms with Gasteiger partial charge in [-0.05, 0) is 19.9 Å². The Labute approximate surface area is 172 Å². The van der Waals surface area contributed by atoms with Crippen molar-refractivity contribution in [2.75, 3.05) is 13.2 Å². The van der Waals surface area contributed by atoms with E-state index >= 15 is 0 Å². The van der Waals surface area contributed by atoms with E-state index < -0.39 is 11.9 Å². The third-order valence-electron chi connectivity index (χ3n) is 4.76. The summed E-state index contributed by atoms with van der Waals surface area (Å²) < 4.78 is 11.8. The first-order chi connectivity index (χ1) is 14.6. The van der Waals surface area contributed by atoms with Crippen LogP contribution in [0.3, 0.4) is 0 Å². The van der Waals surface area contributed by atoms with Gasteiger partial charge in [-0.3, -0.25) is 0 Å². The number of esters is 2. The maximum absolute atomic E-state index is 12.8. The summed E-state index contributed by atoms with van der Waals surface area (Å²) >= 11 is 0. The molecule has 30 heavy (non-hydrogen) atoms. The van der Waals surface area contributed by atoms with E-state index in [-0.39, 0.29) is 35.3 Å². The van der Waals surface area contributed by atoms with Crippen LogP contribution in [-0.4, -0.2) is 39.9 Å². The lowest BCUT2D eigenvalue weighted by Gasteiger charge is -2.06. The van der Waals surface area contributed by atoms with Gasteiger partial charge in [-0.1, -0.05) is 48.5 Å². The molecule has 2 heterocycles. The number of para-hydroxylation sites is 1. The number of aromatic nitrogens is 2. The average Bonchev–Trinajstić information content (AvgIpc) is 3.25. The minimum absolute atomic E-state index is 0.0944. The number of rotatable bonds is 5. The zero-order valence-corrected chi connectivity index (χ0v) is 16.6. The highest BCUT2D eigenvalue weighted by Crippen LogP contribution is 2.33. The SMILES string of the molecule is CCOC(=O)C(C(=O)OCC)=c1c2ccccc2n2nc(-c3ccccc3)c(O)c12. The molecule has 7 heteroatoms. The molecule has 4 rings (SSSR count). The average molecular weight is 404 g/mol. The minimum Gasteiger partial charge on any atom is -0.504 e. The molecule has 4 aromatic rings. The van der Waals surface area contributed by atoms with Crippen molar-refractivity contribution in [1.82, 2.24) is 9.61 Å². The van der Waals surface area contributed by atoms with Crippen LogP contribution < -0.4 is 5.22 Å². The van der Waals surface area contributed by atoms with Crippen LogP contribution in [0.5, 0.6) is 5.75 Å². The topological polar surface area (TPSA) is 90.1 Å². The van der Waals surface area contributed by atoms with Crippen molar-refractivity contribution in [2.45, 2.75) is 13.8 Å². The van der Waals surface area contributed by atoms with Gasteiger partial charge in [0.25, 0.3) is 0 Å². The molecule has 0 aliphatic rings. The van der Waals surface area contributed by atoms with Crippen molar-refractivity contribution in [3.63, 3.8) is 0 Å². The van der Waals surface area contributed by atoms with Crippen LogP contribution in [0.4, 0.5) is 0 Å². The van der Waals surface area contributed by atoms with Gasteiger partial charge in [0.1, 0.15) is 11.2 Å². The summed E-state index contributed by atoms with van der Waals surface area (Å²) in [6.45, 7) is 3.50. The second kappa shape index (κ2) is 7.87. The first-order valence-electron chi connectivity index (χ1n) is 9.64. The molecule has 0 amide bonds. The summed E-state index contributed by atoms with van der Waals surface area (Å²) in [4.78, 5) is 25.5. The second-order valence-corrected chi connectivity index (χ2v) is 6.53. The van der Waals surface area contributed by atoms with E-state index in [1.54, 1.807) is 36.6 Å². The summed E-state index contributed by atoms with van der Waals surface area (Å²) in [6, 6.07) is 16.4. The van der Waals surface area contributed by atoms with E-state index in [2.05, 4.69) is 5.10 Å². The summed E-state index contributed by atoms with van der Waals surface area (Å²) in [5.74, 6) is -1.74. The highest BCUT2D eigenvalue weighted by atomic mass is 16.6. The largest absolute Gasteiger partial charge is 0.504 e. The molecule has 0 bridgehead atoms. The van der Waals surface area contributed by atoms with E-state index in [0.29, 0.717) is 22.2 Å². The Hall–Kier alpha value is -3.87. The Morgan fingerprint density at radius 3 is 2.17 bits per heavy atom. The maximum atomic E-state index is 12.8. The fourth-order valence-corrected chi connectivity index (χ4v) is 3.54. The molecule has 152 valence electrons. The van der Waals surface area contributed by atoms with E-state index in [1.165, 1.54) is 0 Å². The maximum Gasteiger partial charge on any atom is 0.346 e. The van der Waals surface area contributed by atoms with Crippen molar-refractivity contribution in [1.29, 1.82) is 0 Å². The van der Waals surface area contributed by atoms with Crippen LogP contribution in [-0.2, 0) is 19.1 Å². The third kappa shape index (κ3) is 3.04. The lowest BCUT2D eigenvalue weighted by molar-refractivity contribution is -0.142. The predicted molar refractivity (Wildman–Crippen MR) is 112 cm³/mol. The van der Waals surface area contributed by atoms with Crippen molar-refractivity contribution >= 4 is 33.9 Å². The van der Waals surface area contributed by atoms with Gasteiger partial charge in [-0.2, -0.15) is 5.10 Å². The molecule has 0 saturated carbocycles. The molecular weight excluding hydrogens is 384 g/mol. The molecule has 0 aliphatic carbocycles. The van der Waals surface area contributed by atoms with Gasteiger partial charge in [0.2, 0.25) is 0 Å². The Morgan fingerprint density at radius 1 is 0.933 bits per heavy atom. The van der Waals surface area contributed by atoms with Crippen LogP contribution in [0.25, 0.3) is 33.3 Å². The highest BCUT2D eigenvalue weighted by Gasteiger charge is 2.28. The molecule has 2 aromatic carbocycles. The number of aromatic hydroxyl groups is 1. The molecular formula is C23H20N2O5. The number of ether oxygens (including phenoxy) is 2. The molecule has 0 saturated heterocycles. The van der Waals surface area contributed by atoms with Crippen LogP contribution >= 0.6 is 0 Å². The number of nitrogens with zero attached hydrogens (tertiary/aromatic N) is 2. The molecule has 0 aliphatic heterocycles. The molecule has 2 aromatic heterocycles. The van der Waals surface area contributed by atoms with Gasteiger partial charge >= 0.3 is 11.9 Å². The van der Waals surface area contributed by atoms with Crippen LogP contribution in [0.1, 0.15) is 13.8 Å². The van der Waals surface area contributed by atoms with E-state index in [9.17, 15) is 14.7 Å². The Morgan fingerprint density at radius 2 is 1.53 bits per heavy atom. The number of hydrogen-bond donors (Lipinski definition) is 1. The molecule has 1 N–H and O–H groups in total. The normalized spacial score (nSPS) is 11.0. The van der Waals surface area contributed by atoms with E-state index in [4.69, 9.17) is 9.47 Å². The molecule has 0 atom stereocenters. The smallest absolute Gasteiger partial charge is 0.346 e. The molecule has 7 nitrogen and oxygen atoms in total. The molecule has 0 spiro atoms. The Balaban J connectivity index is 2.18. The van der Waals surface area contributed by atoms with Crippen molar-refractivity contribution < 1.29 is 24.2 Å². The van der Waals surface area contributed by atoms with Gasteiger partial charge < -0.3 is 14.6 Å². The lowest BCUT2D eigenvalue weighted by atomic mass is 10.1. The lowest BCUT2D eigenvalue weighted by Crippen LogP contribution is -2.24. The summed E-state index contributed by atoms with van der Waals surface area (Å²) in [5.41, 5.74) is 1.70. The van der Waals surface area contributed by atoms with Crippen molar-refractivity contribution in [3.8, 4) is 17.0 Å². The number of fused-ring (bicyclic) bond motifs is 3. The van der Waals surface area contributed by atoms with Gasteiger partial charge in [0.15, 0.2) is 11.3 Å². The number of benzene rings is 2. The summed E-state index contributed by atoms with van der Waals surface area (Å²) in [5, 5.41) is 16.5. The second-order valence-electron chi connectivity index (χ2n) is 6.53. The van der Waals surface area contributed by atoms with Gasteiger partial charge in [-0.25, -0.2) is 14.1 Å². The van der Waals surface area contributed by atoms with Gasteiger partial charge in [0, 0.05) is 16.2 Å². The minimum atomic E-state index is -0.809. The fourth-order valence-electron chi connectivity index (χ4n) is 3.54. The van der Waals surface area contributed by atoms with Crippen LogP contribution in [0, 0.1) is 0 Å². The molecule has 0 unspecified atom stereocenters. The van der Waals surface area contributed by atoms with Gasteiger partial charge in [-0.15, -0.1) is 0 Å². The van der Waals surface area contributed by atoms with Gasteiger partial charge in [0.05, 0.1) is 18.7 Å². The monoisotopic (exact) mass is 404 g/mol. The fraction of sp³-hybridized carbons (Fsp3) is 0.174. The molecule has 0 fully saturated rings. The van der Waals surface area contributed by atoms with Crippen LogP contribution in [0.2, 0.25) is 0 Å². The Bertz CT molecular complexity index is 1290. The number of carbonyl (C=O) groups excluding carboxylic acids is 2. The van der Waals surface area contributed by atoms with Crippen molar-refractivity contribution in [3.05, 3.63) is 59.8 Å². The number of hydrogen-bond acceptors (Lipinski definition) is 6. The van der Waals surface area contributed by atoms with E-state index in [1.807, 2.05) is 36.4 Å². The quantitative estimate of drug-likeness (QED) is 0.406. The molecule has 0 radical (unpaired) electrons. The standard InChI is InChI=1S/C23H20N2O5/c1-3-29-22(27)18(23(28)30-4-2)17-15-12-8-9-13-16(15)25-20(17)21(26)19(24-25)14-10-6-5-7-11-14/h5-13,26H,3-4H2,1-2H3. The third-order valence-corrected chi connectivity index (χ3v) is 4.76. The predicted octanol–water partition coefficient (Wildman–Crippen LogP) is 2.86. The highest BCUT2D eigenvalue weighted by molar-refractivity contribution is 6.38. The number of carbonyl (C=O) groups is 2. The zero-order chi connectivity index (χ0) is 21.3. The first kappa shape index (κ1) is 19.4.